The van der Waals surface area contributed by atoms with E-state index >= 15 is 0 Å². The molecule has 16 heavy (non-hydrogen) atoms. The Morgan fingerprint density at radius 2 is 1.81 bits per heavy atom. The Kier molecular flexibility index (Phi) is 3.34. The van der Waals surface area contributed by atoms with Crippen LogP contribution in [0.25, 0.3) is 0 Å². The van der Waals surface area contributed by atoms with Crippen LogP contribution in [0.15, 0.2) is 18.2 Å². The van der Waals surface area contributed by atoms with Crippen molar-refractivity contribution in [2.24, 2.45) is 0 Å². The SMILES string of the molecule is CCC(O)(CC)Cc1ccc2c(c1)CCC2. The average molecular weight is 218 g/mol. The van der Waals surface area contributed by atoms with Crippen LogP contribution in [-0.2, 0) is 19.3 Å². The summed E-state index contributed by atoms with van der Waals surface area (Å²) in [6, 6.07) is 6.75. The van der Waals surface area contributed by atoms with Gasteiger partial charge in [-0.25, -0.2) is 0 Å². The van der Waals surface area contributed by atoms with Crippen LogP contribution in [0.3, 0.4) is 0 Å². The van der Waals surface area contributed by atoms with Gasteiger partial charge in [0.2, 0.25) is 0 Å². The smallest absolute Gasteiger partial charge is 0.0682 e. The molecule has 0 saturated heterocycles. The van der Waals surface area contributed by atoms with E-state index < -0.39 is 5.60 Å². The zero-order valence-electron chi connectivity index (χ0n) is 10.4. The van der Waals surface area contributed by atoms with Gasteiger partial charge in [-0.05, 0) is 48.8 Å². The molecule has 0 aromatic heterocycles. The van der Waals surface area contributed by atoms with Gasteiger partial charge in [-0.3, -0.25) is 0 Å². The number of aliphatic hydroxyl groups is 1. The summed E-state index contributed by atoms with van der Waals surface area (Å²) >= 11 is 0. The second-order valence-corrected chi connectivity index (χ2v) is 5.06. The van der Waals surface area contributed by atoms with Crippen LogP contribution in [0.4, 0.5) is 0 Å². The monoisotopic (exact) mass is 218 g/mol. The quantitative estimate of drug-likeness (QED) is 0.822. The van der Waals surface area contributed by atoms with Crippen molar-refractivity contribution in [1.82, 2.24) is 0 Å². The summed E-state index contributed by atoms with van der Waals surface area (Å²) in [6.45, 7) is 4.13. The van der Waals surface area contributed by atoms with E-state index in [2.05, 4.69) is 32.0 Å². The zero-order valence-corrected chi connectivity index (χ0v) is 10.4. The lowest BCUT2D eigenvalue weighted by atomic mass is 9.88. The van der Waals surface area contributed by atoms with Gasteiger partial charge in [0, 0.05) is 6.42 Å². The molecule has 0 amide bonds. The highest BCUT2D eigenvalue weighted by Gasteiger charge is 2.23. The van der Waals surface area contributed by atoms with Crippen molar-refractivity contribution in [3.63, 3.8) is 0 Å². The predicted molar refractivity (Wildman–Crippen MR) is 67.7 cm³/mol. The summed E-state index contributed by atoms with van der Waals surface area (Å²) < 4.78 is 0. The number of benzene rings is 1. The number of hydrogen-bond acceptors (Lipinski definition) is 1. The second kappa shape index (κ2) is 4.58. The summed E-state index contributed by atoms with van der Waals surface area (Å²) in [4.78, 5) is 0. The minimum atomic E-state index is -0.507. The Hall–Kier alpha value is -0.820. The van der Waals surface area contributed by atoms with Gasteiger partial charge in [0.15, 0.2) is 0 Å². The molecular formula is C15H22O. The van der Waals surface area contributed by atoms with Crippen molar-refractivity contribution < 1.29 is 5.11 Å². The van der Waals surface area contributed by atoms with Crippen molar-refractivity contribution in [2.45, 2.75) is 58.0 Å². The highest BCUT2D eigenvalue weighted by atomic mass is 16.3. The van der Waals surface area contributed by atoms with Crippen LogP contribution >= 0.6 is 0 Å². The third-order valence-corrected chi connectivity index (χ3v) is 4.01. The van der Waals surface area contributed by atoms with E-state index in [-0.39, 0.29) is 0 Å². The molecule has 1 aliphatic carbocycles. The van der Waals surface area contributed by atoms with E-state index in [0.29, 0.717) is 0 Å². The van der Waals surface area contributed by atoms with Gasteiger partial charge in [-0.2, -0.15) is 0 Å². The Bertz CT molecular complexity index is 364. The average Bonchev–Trinajstić information content (AvgIpc) is 2.76. The van der Waals surface area contributed by atoms with Crippen LogP contribution < -0.4 is 0 Å². The largest absolute Gasteiger partial charge is 0.390 e. The Morgan fingerprint density at radius 3 is 2.50 bits per heavy atom. The molecular weight excluding hydrogens is 196 g/mol. The second-order valence-electron chi connectivity index (χ2n) is 5.06. The van der Waals surface area contributed by atoms with Gasteiger partial charge in [0.1, 0.15) is 0 Å². The molecule has 2 rings (SSSR count). The minimum absolute atomic E-state index is 0.507. The van der Waals surface area contributed by atoms with Crippen molar-refractivity contribution in [2.75, 3.05) is 0 Å². The maximum absolute atomic E-state index is 10.3. The fourth-order valence-electron chi connectivity index (χ4n) is 2.62. The zero-order chi connectivity index (χ0) is 11.6. The molecule has 88 valence electrons. The maximum atomic E-state index is 10.3. The summed E-state index contributed by atoms with van der Waals surface area (Å²) in [5.41, 5.74) is 3.81. The normalized spacial score (nSPS) is 15.2. The number of rotatable bonds is 4. The van der Waals surface area contributed by atoms with E-state index in [0.717, 1.165) is 19.3 Å². The van der Waals surface area contributed by atoms with Gasteiger partial charge in [0.05, 0.1) is 5.60 Å². The molecule has 1 heteroatoms. The van der Waals surface area contributed by atoms with Crippen LogP contribution in [0.1, 0.15) is 49.8 Å². The maximum Gasteiger partial charge on any atom is 0.0682 e. The lowest BCUT2D eigenvalue weighted by molar-refractivity contribution is 0.0326. The predicted octanol–water partition coefficient (Wildman–Crippen LogP) is 3.27. The van der Waals surface area contributed by atoms with Gasteiger partial charge in [0.25, 0.3) is 0 Å². The molecule has 0 unspecified atom stereocenters. The first-order valence-corrected chi connectivity index (χ1v) is 6.50. The summed E-state index contributed by atoms with van der Waals surface area (Å²) in [5.74, 6) is 0. The molecule has 0 aliphatic heterocycles. The third-order valence-electron chi connectivity index (χ3n) is 4.01. The summed E-state index contributed by atoms with van der Waals surface area (Å²) in [5, 5.41) is 10.3. The molecule has 1 aromatic rings. The molecule has 0 spiro atoms. The van der Waals surface area contributed by atoms with Crippen LogP contribution in [0.2, 0.25) is 0 Å². The molecule has 0 atom stereocenters. The fourth-order valence-corrected chi connectivity index (χ4v) is 2.62. The minimum Gasteiger partial charge on any atom is -0.390 e. The molecule has 0 bridgehead atoms. The molecule has 0 radical (unpaired) electrons. The molecule has 1 aliphatic rings. The first kappa shape index (κ1) is 11.7. The van der Waals surface area contributed by atoms with Gasteiger partial charge < -0.3 is 5.11 Å². The standard InChI is InChI=1S/C15H22O/c1-3-15(16,4-2)11-12-8-9-13-6-5-7-14(13)10-12/h8-10,16H,3-7,11H2,1-2H3. The van der Waals surface area contributed by atoms with Crippen LogP contribution in [0.5, 0.6) is 0 Å². The molecule has 0 heterocycles. The number of hydrogen-bond donors (Lipinski definition) is 1. The van der Waals surface area contributed by atoms with Gasteiger partial charge in [-0.15, -0.1) is 0 Å². The first-order chi connectivity index (χ1) is 7.67. The molecule has 1 nitrogen and oxygen atoms in total. The Labute approximate surface area is 98.5 Å². The highest BCUT2D eigenvalue weighted by Crippen LogP contribution is 2.26. The lowest BCUT2D eigenvalue weighted by Gasteiger charge is -2.25. The molecule has 1 aromatic carbocycles. The van der Waals surface area contributed by atoms with E-state index in [1.807, 2.05) is 0 Å². The van der Waals surface area contributed by atoms with Crippen LogP contribution in [0, 0.1) is 0 Å². The molecule has 1 N–H and O–H groups in total. The third kappa shape index (κ3) is 2.30. The summed E-state index contributed by atoms with van der Waals surface area (Å²) in [6.07, 6.45) is 6.22. The Morgan fingerprint density at radius 1 is 1.12 bits per heavy atom. The first-order valence-electron chi connectivity index (χ1n) is 6.50. The van der Waals surface area contributed by atoms with Crippen molar-refractivity contribution in [1.29, 1.82) is 0 Å². The highest BCUT2D eigenvalue weighted by molar-refractivity contribution is 5.35. The fraction of sp³-hybridized carbons (Fsp3) is 0.600. The number of aryl methyl sites for hydroxylation is 2. The van der Waals surface area contributed by atoms with Gasteiger partial charge >= 0.3 is 0 Å². The lowest BCUT2D eigenvalue weighted by Crippen LogP contribution is -2.29. The molecule has 0 saturated carbocycles. The van der Waals surface area contributed by atoms with E-state index in [1.54, 1.807) is 0 Å². The number of fused-ring (bicyclic) bond motifs is 1. The van der Waals surface area contributed by atoms with E-state index in [4.69, 9.17) is 0 Å². The van der Waals surface area contributed by atoms with Crippen LogP contribution in [-0.4, -0.2) is 10.7 Å². The van der Waals surface area contributed by atoms with E-state index in [9.17, 15) is 5.11 Å². The topological polar surface area (TPSA) is 20.2 Å². The summed E-state index contributed by atoms with van der Waals surface area (Å²) in [7, 11) is 0. The van der Waals surface area contributed by atoms with Crippen molar-refractivity contribution in [3.05, 3.63) is 34.9 Å². The van der Waals surface area contributed by atoms with Crippen molar-refractivity contribution >= 4 is 0 Å². The van der Waals surface area contributed by atoms with Crippen molar-refractivity contribution in [3.8, 4) is 0 Å². The Balaban J connectivity index is 2.16. The van der Waals surface area contributed by atoms with E-state index in [1.165, 1.54) is 36.0 Å². The van der Waals surface area contributed by atoms with Gasteiger partial charge in [-0.1, -0.05) is 32.0 Å². The molecule has 0 fully saturated rings.